The number of amides is 1. The minimum Gasteiger partial charge on any atom is -0.381 e. The Kier molecular flexibility index (Phi) is 4.24. The van der Waals surface area contributed by atoms with Crippen molar-refractivity contribution >= 4 is 29.3 Å². The fourth-order valence-corrected chi connectivity index (χ4v) is 4.25. The summed E-state index contributed by atoms with van der Waals surface area (Å²) in [6, 6.07) is 8.23. The van der Waals surface area contributed by atoms with Crippen LogP contribution >= 0.6 is 23.4 Å². The van der Waals surface area contributed by atoms with Crippen LogP contribution in [0.15, 0.2) is 29.2 Å². The zero-order chi connectivity index (χ0) is 14.0. The Labute approximate surface area is 128 Å². The summed E-state index contributed by atoms with van der Waals surface area (Å²) in [6.45, 7) is 1.34. The van der Waals surface area contributed by atoms with Crippen molar-refractivity contribution in [3.05, 3.63) is 29.8 Å². The van der Waals surface area contributed by atoms with Crippen LogP contribution in [0.3, 0.4) is 0 Å². The van der Waals surface area contributed by atoms with E-state index in [0.717, 1.165) is 19.3 Å². The number of alkyl halides is 1. The lowest BCUT2D eigenvalue weighted by Crippen LogP contribution is -2.55. The van der Waals surface area contributed by atoms with Crippen molar-refractivity contribution in [3.8, 4) is 0 Å². The SMILES string of the molecule is O=C(NC1(CCl)CCOCC1)C1Cc2ccccc2S1. The molecule has 0 aromatic heterocycles. The molecule has 3 nitrogen and oxygen atoms in total. The third-order valence-electron chi connectivity index (χ3n) is 4.03. The van der Waals surface area contributed by atoms with Gasteiger partial charge in [-0.05, 0) is 30.9 Å². The van der Waals surface area contributed by atoms with Gasteiger partial charge in [0.1, 0.15) is 0 Å². The third kappa shape index (κ3) is 2.83. The van der Waals surface area contributed by atoms with Gasteiger partial charge in [0.25, 0.3) is 0 Å². The smallest absolute Gasteiger partial charge is 0.234 e. The van der Waals surface area contributed by atoms with Gasteiger partial charge in [-0.15, -0.1) is 23.4 Å². The molecule has 3 rings (SSSR count). The molecule has 0 spiro atoms. The lowest BCUT2D eigenvalue weighted by molar-refractivity contribution is -0.123. The molecule has 2 aliphatic heterocycles. The third-order valence-corrected chi connectivity index (χ3v) is 5.86. The van der Waals surface area contributed by atoms with Gasteiger partial charge in [0.15, 0.2) is 0 Å². The highest BCUT2D eigenvalue weighted by molar-refractivity contribution is 8.01. The summed E-state index contributed by atoms with van der Waals surface area (Å²) in [5.74, 6) is 0.556. The maximum absolute atomic E-state index is 12.5. The van der Waals surface area contributed by atoms with Crippen LogP contribution in [0.2, 0.25) is 0 Å². The number of hydrogen-bond donors (Lipinski definition) is 1. The number of carbonyl (C=O) groups is 1. The summed E-state index contributed by atoms with van der Waals surface area (Å²) < 4.78 is 5.37. The minimum atomic E-state index is -0.285. The number of halogens is 1. The van der Waals surface area contributed by atoms with Gasteiger partial charge in [0, 0.05) is 24.0 Å². The number of benzene rings is 1. The first-order chi connectivity index (χ1) is 9.72. The van der Waals surface area contributed by atoms with E-state index >= 15 is 0 Å². The average Bonchev–Trinajstić information content (AvgIpc) is 2.92. The molecule has 1 aromatic carbocycles. The van der Waals surface area contributed by atoms with Gasteiger partial charge in [-0.25, -0.2) is 0 Å². The predicted molar refractivity (Wildman–Crippen MR) is 81.4 cm³/mol. The Balaban J connectivity index is 1.66. The number of fused-ring (bicyclic) bond motifs is 1. The van der Waals surface area contributed by atoms with Crippen LogP contribution in [-0.2, 0) is 16.0 Å². The van der Waals surface area contributed by atoms with E-state index in [0.29, 0.717) is 19.1 Å². The Morgan fingerprint density at radius 1 is 1.40 bits per heavy atom. The molecule has 0 aliphatic carbocycles. The quantitative estimate of drug-likeness (QED) is 0.872. The topological polar surface area (TPSA) is 38.3 Å². The number of ether oxygens (including phenoxy) is 1. The standard InChI is InChI=1S/C15H18ClNO2S/c16-10-15(5-7-19-8-6-15)17-14(18)13-9-11-3-1-2-4-12(11)20-13/h1-4,13H,5-10H2,(H,17,18). The first kappa shape index (κ1) is 14.2. The zero-order valence-corrected chi connectivity index (χ0v) is 12.8. The van der Waals surface area contributed by atoms with Crippen molar-refractivity contribution in [2.75, 3.05) is 19.1 Å². The highest BCUT2D eigenvalue weighted by Gasteiger charge is 2.37. The molecule has 1 amide bonds. The Hall–Kier alpha value is -0.710. The number of nitrogens with one attached hydrogen (secondary N) is 1. The van der Waals surface area contributed by atoms with E-state index in [9.17, 15) is 4.79 Å². The fraction of sp³-hybridized carbons (Fsp3) is 0.533. The van der Waals surface area contributed by atoms with E-state index in [2.05, 4.69) is 17.4 Å². The number of hydrogen-bond acceptors (Lipinski definition) is 3. The maximum Gasteiger partial charge on any atom is 0.234 e. The molecule has 1 aromatic rings. The van der Waals surface area contributed by atoms with Crippen molar-refractivity contribution in [2.45, 2.75) is 34.9 Å². The maximum atomic E-state index is 12.5. The largest absolute Gasteiger partial charge is 0.381 e. The summed E-state index contributed by atoms with van der Waals surface area (Å²) in [7, 11) is 0. The van der Waals surface area contributed by atoms with E-state index < -0.39 is 0 Å². The van der Waals surface area contributed by atoms with Crippen LogP contribution in [-0.4, -0.2) is 35.8 Å². The van der Waals surface area contributed by atoms with Crippen LogP contribution < -0.4 is 5.32 Å². The van der Waals surface area contributed by atoms with Crippen LogP contribution in [0.4, 0.5) is 0 Å². The molecule has 2 aliphatic rings. The summed E-state index contributed by atoms with van der Waals surface area (Å²) in [5, 5.41) is 3.16. The highest BCUT2D eigenvalue weighted by Crippen LogP contribution is 2.37. The first-order valence-corrected chi connectivity index (χ1v) is 8.34. The fourth-order valence-electron chi connectivity index (χ4n) is 2.72. The second kappa shape index (κ2) is 5.96. The molecule has 108 valence electrons. The number of thioether (sulfide) groups is 1. The summed E-state index contributed by atoms with van der Waals surface area (Å²) in [4.78, 5) is 13.7. The molecule has 1 fully saturated rings. The summed E-state index contributed by atoms with van der Waals surface area (Å²) in [5.41, 5.74) is 0.983. The van der Waals surface area contributed by atoms with Crippen LogP contribution in [0.5, 0.6) is 0 Å². The molecule has 1 N–H and O–H groups in total. The molecule has 5 heteroatoms. The normalized spacial score (nSPS) is 24.1. The molecular weight excluding hydrogens is 294 g/mol. The van der Waals surface area contributed by atoms with E-state index in [4.69, 9.17) is 16.3 Å². The monoisotopic (exact) mass is 311 g/mol. The number of carbonyl (C=O) groups excluding carboxylic acids is 1. The van der Waals surface area contributed by atoms with Gasteiger partial charge in [-0.1, -0.05) is 18.2 Å². The van der Waals surface area contributed by atoms with E-state index in [1.165, 1.54) is 10.5 Å². The van der Waals surface area contributed by atoms with E-state index in [1.54, 1.807) is 11.8 Å². The van der Waals surface area contributed by atoms with Crippen LogP contribution in [0.25, 0.3) is 0 Å². The Morgan fingerprint density at radius 2 is 2.15 bits per heavy atom. The lowest BCUT2D eigenvalue weighted by atomic mass is 9.92. The summed E-state index contributed by atoms with van der Waals surface area (Å²) in [6.07, 6.45) is 2.40. The van der Waals surface area contributed by atoms with Gasteiger partial charge in [0.2, 0.25) is 5.91 Å². The Morgan fingerprint density at radius 3 is 2.85 bits per heavy atom. The second-order valence-corrected chi connectivity index (χ2v) is 6.95. The van der Waals surface area contributed by atoms with Crippen molar-refractivity contribution in [1.82, 2.24) is 5.32 Å². The van der Waals surface area contributed by atoms with Crippen LogP contribution in [0.1, 0.15) is 18.4 Å². The molecule has 1 saturated heterocycles. The minimum absolute atomic E-state index is 0.0321. The van der Waals surface area contributed by atoms with Gasteiger partial charge < -0.3 is 10.1 Å². The zero-order valence-electron chi connectivity index (χ0n) is 11.2. The molecular formula is C15H18ClNO2S. The molecule has 1 atom stereocenters. The number of rotatable bonds is 3. The molecule has 0 bridgehead atoms. The molecule has 0 saturated carbocycles. The van der Waals surface area contributed by atoms with Gasteiger partial charge in [-0.3, -0.25) is 4.79 Å². The predicted octanol–water partition coefficient (Wildman–Crippen LogP) is 2.61. The molecule has 0 radical (unpaired) electrons. The van der Waals surface area contributed by atoms with Gasteiger partial charge >= 0.3 is 0 Å². The van der Waals surface area contributed by atoms with Crippen molar-refractivity contribution < 1.29 is 9.53 Å². The first-order valence-electron chi connectivity index (χ1n) is 6.93. The Bertz CT molecular complexity index is 477. The van der Waals surface area contributed by atoms with E-state index in [-0.39, 0.29) is 16.7 Å². The summed E-state index contributed by atoms with van der Waals surface area (Å²) >= 11 is 7.76. The van der Waals surface area contributed by atoms with Crippen molar-refractivity contribution in [3.63, 3.8) is 0 Å². The van der Waals surface area contributed by atoms with Crippen LogP contribution in [0, 0.1) is 0 Å². The second-order valence-electron chi connectivity index (χ2n) is 5.43. The molecule has 2 heterocycles. The average molecular weight is 312 g/mol. The van der Waals surface area contributed by atoms with E-state index in [1.807, 2.05) is 12.1 Å². The molecule has 20 heavy (non-hydrogen) atoms. The molecule has 1 unspecified atom stereocenters. The lowest BCUT2D eigenvalue weighted by Gasteiger charge is -2.37. The van der Waals surface area contributed by atoms with Crippen molar-refractivity contribution in [1.29, 1.82) is 0 Å². The highest BCUT2D eigenvalue weighted by atomic mass is 35.5. The van der Waals surface area contributed by atoms with Gasteiger partial charge in [-0.2, -0.15) is 0 Å². The van der Waals surface area contributed by atoms with Crippen molar-refractivity contribution in [2.24, 2.45) is 0 Å². The van der Waals surface area contributed by atoms with Gasteiger partial charge in [0.05, 0.1) is 10.8 Å².